The van der Waals surface area contributed by atoms with Crippen LogP contribution in [0.15, 0.2) is 23.0 Å². The third-order valence-corrected chi connectivity index (χ3v) is 5.47. The minimum atomic E-state index is -0.0594. The highest BCUT2D eigenvalue weighted by atomic mass is 16.5. The Morgan fingerprint density at radius 3 is 2.64 bits per heavy atom. The van der Waals surface area contributed by atoms with E-state index in [1.54, 1.807) is 18.7 Å². The van der Waals surface area contributed by atoms with E-state index in [0.717, 1.165) is 48.9 Å². The Hall–Kier alpha value is -2.28. The number of hydrogen-bond acceptors (Lipinski definition) is 4. The van der Waals surface area contributed by atoms with Gasteiger partial charge in [0.1, 0.15) is 5.75 Å². The summed E-state index contributed by atoms with van der Waals surface area (Å²) in [5, 5.41) is 0. The average molecular weight is 346 g/mol. The van der Waals surface area contributed by atoms with Crippen LogP contribution in [0.25, 0.3) is 11.0 Å². The molecule has 25 heavy (non-hydrogen) atoms. The summed E-state index contributed by atoms with van der Waals surface area (Å²) in [5.41, 5.74) is 4.07. The van der Waals surface area contributed by atoms with Crippen LogP contribution in [-0.4, -0.2) is 22.2 Å². The molecule has 7 nitrogen and oxygen atoms in total. The lowest BCUT2D eigenvalue weighted by molar-refractivity contribution is -0.126. The van der Waals surface area contributed by atoms with Gasteiger partial charge in [0.25, 0.3) is 0 Å². The molecule has 0 bridgehead atoms. The number of nitrogens with two attached hydrogens (primary N) is 1. The molecule has 1 saturated carbocycles. The smallest absolute Gasteiger partial charge is 0.328 e. The van der Waals surface area contributed by atoms with Gasteiger partial charge >= 0.3 is 5.69 Å². The molecule has 0 atom stereocenters. The number of rotatable bonds is 5. The topological polar surface area (TPSA) is 91.3 Å². The molecule has 3 N–H and O–H groups in total. The van der Waals surface area contributed by atoms with Gasteiger partial charge < -0.3 is 4.74 Å². The van der Waals surface area contributed by atoms with E-state index in [1.807, 2.05) is 22.8 Å². The Morgan fingerprint density at radius 2 is 2.00 bits per heavy atom. The van der Waals surface area contributed by atoms with E-state index in [-0.39, 0.29) is 17.5 Å². The minimum absolute atomic E-state index is 0.000511. The zero-order valence-corrected chi connectivity index (χ0v) is 14.8. The Kier molecular flexibility index (Phi) is 5.13. The van der Waals surface area contributed by atoms with Crippen LogP contribution >= 0.6 is 0 Å². The molecule has 1 aromatic carbocycles. The summed E-state index contributed by atoms with van der Waals surface area (Å²) in [5.74, 6) is 6.48. The van der Waals surface area contributed by atoms with Crippen LogP contribution < -0.4 is 21.7 Å². The van der Waals surface area contributed by atoms with Crippen molar-refractivity contribution in [3.63, 3.8) is 0 Å². The van der Waals surface area contributed by atoms with Crippen molar-refractivity contribution >= 4 is 16.9 Å². The molecule has 0 spiro atoms. The number of aryl methyl sites for hydroxylation is 2. The number of aromatic nitrogens is 2. The van der Waals surface area contributed by atoms with Crippen molar-refractivity contribution in [2.24, 2.45) is 24.7 Å². The van der Waals surface area contributed by atoms with Crippen molar-refractivity contribution in [3.8, 4) is 5.75 Å². The molecule has 2 aromatic rings. The van der Waals surface area contributed by atoms with Gasteiger partial charge in [-0.25, -0.2) is 10.6 Å². The largest absolute Gasteiger partial charge is 0.497 e. The number of carbonyl (C=O) groups excluding carboxylic acids is 1. The molecule has 0 unspecified atom stereocenters. The van der Waals surface area contributed by atoms with Gasteiger partial charge in [0.15, 0.2) is 0 Å². The van der Waals surface area contributed by atoms with Crippen molar-refractivity contribution in [1.29, 1.82) is 0 Å². The van der Waals surface area contributed by atoms with Crippen LogP contribution in [0.3, 0.4) is 0 Å². The van der Waals surface area contributed by atoms with Crippen LogP contribution in [0.4, 0.5) is 0 Å². The van der Waals surface area contributed by atoms with Crippen LogP contribution in [0, 0.1) is 11.8 Å². The molecule has 136 valence electrons. The number of hydrogen-bond donors (Lipinski definition) is 2. The highest BCUT2D eigenvalue weighted by Gasteiger charge is 2.26. The zero-order chi connectivity index (χ0) is 18.0. The molecule has 1 fully saturated rings. The molecule has 1 amide bonds. The van der Waals surface area contributed by atoms with Crippen LogP contribution in [0.5, 0.6) is 5.75 Å². The Morgan fingerprint density at radius 1 is 1.28 bits per heavy atom. The van der Waals surface area contributed by atoms with Crippen LogP contribution in [0.2, 0.25) is 0 Å². The number of imidazole rings is 1. The molecule has 1 heterocycles. The standard InChI is InChI=1S/C18H26N4O3/c1-21-15-8-7-14(25-2)11-16(15)22(18(21)24)10-9-12-3-5-13(6-4-12)17(23)20-19/h7-8,11-13H,3-6,9-10,19H2,1-2H3,(H,20,23). The lowest BCUT2D eigenvalue weighted by atomic mass is 9.80. The van der Waals surface area contributed by atoms with Crippen molar-refractivity contribution in [2.45, 2.75) is 38.6 Å². The Labute approximate surface area is 146 Å². The van der Waals surface area contributed by atoms with Crippen LogP contribution in [0.1, 0.15) is 32.1 Å². The van der Waals surface area contributed by atoms with Crippen molar-refractivity contribution < 1.29 is 9.53 Å². The van der Waals surface area contributed by atoms with Gasteiger partial charge in [0.2, 0.25) is 5.91 Å². The number of benzene rings is 1. The number of hydrazine groups is 1. The van der Waals surface area contributed by atoms with Gasteiger partial charge in [-0.15, -0.1) is 0 Å². The maximum atomic E-state index is 12.6. The molecule has 0 aliphatic heterocycles. The summed E-state index contributed by atoms with van der Waals surface area (Å²) < 4.78 is 8.80. The highest BCUT2D eigenvalue weighted by Crippen LogP contribution is 2.31. The fourth-order valence-electron chi connectivity index (χ4n) is 3.88. The Bertz CT molecular complexity index is 816. The summed E-state index contributed by atoms with van der Waals surface area (Å²) in [6, 6.07) is 5.71. The predicted molar refractivity (Wildman–Crippen MR) is 96.1 cm³/mol. The van der Waals surface area contributed by atoms with E-state index >= 15 is 0 Å². The second-order valence-corrected chi connectivity index (χ2v) is 6.86. The normalized spacial score (nSPS) is 20.6. The summed E-state index contributed by atoms with van der Waals surface area (Å²) in [6.45, 7) is 0.682. The Balaban J connectivity index is 1.71. The summed E-state index contributed by atoms with van der Waals surface area (Å²) in [7, 11) is 3.42. The van der Waals surface area contributed by atoms with Gasteiger partial charge in [0, 0.05) is 25.6 Å². The van der Waals surface area contributed by atoms with Crippen molar-refractivity contribution in [1.82, 2.24) is 14.6 Å². The SMILES string of the molecule is COc1ccc2c(c1)n(CCC1CCC(C(=O)NN)CC1)c(=O)n2C. The van der Waals surface area contributed by atoms with E-state index in [2.05, 4.69) is 5.43 Å². The fraction of sp³-hybridized carbons (Fsp3) is 0.556. The molecule has 1 aliphatic carbocycles. The summed E-state index contributed by atoms with van der Waals surface area (Å²) in [6.07, 6.45) is 4.67. The first-order valence-corrected chi connectivity index (χ1v) is 8.79. The minimum Gasteiger partial charge on any atom is -0.497 e. The number of fused-ring (bicyclic) bond motifs is 1. The number of nitrogens with zero attached hydrogens (tertiary/aromatic N) is 2. The third-order valence-electron chi connectivity index (χ3n) is 5.47. The molecule has 1 aliphatic rings. The van der Waals surface area contributed by atoms with Gasteiger partial charge in [-0.2, -0.15) is 0 Å². The summed E-state index contributed by atoms with van der Waals surface area (Å²) >= 11 is 0. The molecule has 0 radical (unpaired) electrons. The first-order valence-electron chi connectivity index (χ1n) is 8.79. The first-order chi connectivity index (χ1) is 12.0. The van der Waals surface area contributed by atoms with Crippen LogP contribution in [-0.2, 0) is 18.4 Å². The van der Waals surface area contributed by atoms with E-state index in [4.69, 9.17) is 10.6 Å². The monoisotopic (exact) mass is 346 g/mol. The molecule has 1 aromatic heterocycles. The second-order valence-electron chi connectivity index (χ2n) is 6.86. The molecular formula is C18H26N4O3. The van der Waals surface area contributed by atoms with Crippen molar-refractivity contribution in [2.75, 3.05) is 7.11 Å². The van der Waals surface area contributed by atoms with E-state index in [9.17, 15) is 9.59 Å². The van der Waals surface area contributed by atoms with Gasteiger partial charge in [-0.3, -0.25) is 19.4 Å². The number of carbonyl (C=O) groups is 1. The predicted octanol–water partition coefficient (Wildman–Crippen LogP) is 1.53. The summed E-state index contributed by atoms with van der Waals surface area (Å²) in [4.78, 5) is 24.2. The van der Waals surface area contributed by atoms with Gasteiger partial charge in [-0.05, 0) is 50.2 Å². The quantitative estimate of drug-likeness (QED) is 0.488. The van der Waals surface area contributed by atoms with E-state index in [1.165, 1.54) is 0 Å². The maximum absolute atomic E-state index is 12.6. The van der Waals surface area contributed by atoms with Crippen molar-refractivity contribution in [3.05, 3.63) is 28.7 Å². The first kappa shape index (κ1) is 17.5. The molecular weight excluding hydrogens is 320 g/mol. The van der Waals surface area contributed by atoms with E-state index in [0.29, 0.717) is 12.5 Å². The molecule has 0 saturated heterocycles. The highest BCUT2D eigenvalue weighted by molar-refractivity contribution is 5.78. The zero-order valence-electron chi connectivity index (χ0n) is 14.8. The average Bonchev–Trinajstić information content (AvgIpc) is 2.89. The fourth-order valence-corrected chi connectivity index (χ4v) is 3.88. The number of nitrogens with one attached hydrogen (secondary N) is 1. The number of amides is 1. The van der Waals surface area contributed by atoms with Gasteiger partial charge in [0.05, 0.1) is 18.1 Å². The van der Waals surface area contributed by atoms with Gasteiger partial charge in [-0.1, -0.05) is 0 Å². The van der Waals surface area contributed by atoms with E-state index < -0.39 is 0 Å². The number of ether oxygens (including phenoxy) is 1. The lowest BCUT2D eigenvalue weighted by Gasteiger charge is -2.27. The molecule has 7 heteroatoms. The maximum Gasteiger partial charge on any atom is 0.328 e. The molecule has 3 rings (SSSR count). The third kappa shape index (κ3) is 3.42. The lowest BCUT2D eigenvalue weighted by Crippen LogP contribution is -2.37. The second kappa shape index (κ2) is 7.31. The number of methoxy groups -OCH3 is 1.